The van der Waals surface area contributed by atoms with Gasteiger partial charge < -0.3 is 20.1 Å². The van der Waals surface area contributed by atoms with Crippen molar-refractivity contribution in [2.24, 2.45) is 0 Å². The molecule has 0 aromatic carbocycles. The fourth-order valence-electron chi connectivity index (χ4n) is 1.45. The molecule has 1 saturated heterocycles. The first kappa shape index (κ1) is 9.53. The van der Waals surface area contributed by atoms with Gasteiger partial charge in [-0.1, -0.05) is 0 Å². The minimum atomic E-state index is -1.10. The lowest BCUT2D eigenvalue weighted by atomic mass is 10.1. The highest BCUT2D eigenvalue weighted by Crippen LogP contribution is 2.27. The Hall–Kier alpha value is -1.02. The van der Waals surface area contributed by atoms with Crippen LogP contribution in [0.25, 0.3) is 0 Å². The molecule has 0 aliphatic carbocycles. The molecule has 0 bridgehead atoms. The summed E-state index contributed by atoms with van der Waals surface area (Å²) in [7, 11) is 0. The molecule has 1 unspecified atom stereocenters. The van der Waals surface area contributed by atoms with Crippen molar-refractivity contribution in [3.63, 3.8) is 0 Å². The van der Waals surface area contributed by atoms with E-state index in [4.69, 9.17) is 9.84 Å². The van der Waals surface area contributed by atoms with Crippen LogP contribution in [0.5, 0.6) is 0 Å². The molecule has 0 saturated carbocycles. The van der Waals surface area contributed by atoms with Gasteiger partial charge in [-0.25, -0.2) is 9.67 Å². The van der Waals surface area contributed by atoms with Crippen molar-refractivity contribution in [3.05, 3.63) is 12.7 Å². The lowest BCUT2D eigenvalue weighted by Crippen LogP contribution is -2.33. The number of ether oxygens (including phenoxy) is 1. The van der Waals surface area contributed by atoms with E-state index in [1.165, 1.54) is 17.3 Å². The van der Waals surface area contributed by atoms with Gasteiger partial charge in [-0.15, -0.1) is 0 Å². The molecule has 1 fully saturated rings. The number of aliphatic hydroxyl groups excluding tert-OH is 3. The molecule has 2 heterocycles. The molecule has 3 N–H and O–H groups in total. The summed E-state index contributed by atoms with van der Waals surface area (Å²) in [5, 5.41) is 31.6. The summed E-state index contributed by atoms with van der Waals surface area (Å²) in [6.07, 6.45) is -1.10. The Morgan fingerprint density at radius 3 is 2.64 bits per heavy atom. The number of aliphatic hydroxyl groups is 3. The van der Waals surface area contributed by atoms with E-state index in [0.29, 0.717) is 0 Å². The zero-order valence-electron chi connectivity index (χ0n) is 7.26. The Kier molecular flexibility index (Phi) is 2.46. The molecule has 14 heavy (non-hydrogen) atoms. The standard InChI is InChI=1S/C7H11N3O4/c11-1-4-5(12)6(13)7(14-4)10-3-8-2-9-10/h2-7,11-13H,1H2/t4-,5-,6-,7?/m1/s1. The van der Waals surface area contributed by atoms with Crippen molar-refractivity contribution >= 4 is 0 Å². The van der Waals surface area contributed by atoms with Gasteiger partial charge in [-0.2, -0.15) is 5.10 Å². The van der Waals surface area contributed by atoms with Crippen LogP contribution in [0.1, 0.15) is 6.23 Å². The van der Waals surface area contributed by atoms with Gasteiger partial charge in [-0.05, 0) is 0 Å². The monoisotopic (exact) mass is 201 g/mol. The highest BCUT2D eigenvalue weighted by atomic mass is 16.6. The Balaban J connectivity index is 2.16. The van der Waals surface area contributed by atoms with Gasteiger partial charge >= 0.3 is 0 Å². The number of rotatable bonds is 2. The predicted molar refractivity (Wildman–Crippen MR) is 43.0 cm³/mol. The van der Waals surface area contributed by atoms with Crippen LogP contribution in [0.15, 0.2) is 12.7 Å². The summed E-state index contributed by atoms with van der Waals surface area (Å²) in [6.45, 7) is -0.344. The van der Waals surface area contributed by atoms with E-state index in [-0.39, 0.29) is 6.61 Å². The summed E-state index contributed by atoms with van der Waals surface area (Å²) in [5.74, 6) is 0. The van der Waals surface area contributed by atoms with Gasteiger partial charge in [-0.3, -0.25) is 0 Å². The second-order valence-electron chi connectivity index (χ2n) is 3.10. The van der Waals surface area contributed by atoms with Crippen LogP contribution in [0.4, 0.5) is 0 Å². The molecule has 7 nitrogen and oxygen atoms in total. The van der Waals surface area contributed by atoms with E-state index in [1.54, 1.807) is 0 Å². The van der Waals surface area contributed by atoms with E-state index in [9.17, 15) is 10.2 Å². The Morgan fingerprint density at radius 1 is 1.36 bits per heavy atom. The van der Waals surface area contributed by atoms with E-state index in [1.807, 2.05) is 0 Å². The van der Waals surface area contributed by atoms with Crippen LogP contribution in [0.3, 0.4) is 0 Å². The second kappa shape index (κ2) is 3.62. The summed E-state index contributed by atoms with van der Waals surface area (Å²) < 4.78 is 6.49. The molecule has 1 aliphatic heterocycles. The average molecular weight is 201 g/mol. The lowest BCUT2D eigenvalue weighted by Gasteiger charge is -2.13. The Bertz CT molecular complexity index is 291. The van der Waals surface area contributed by atoms with E-state index in [0.717, 1.165) is 0 Å². The van der Waals surface area contributed by atoms with Gasteiger partial charge in [0.15, 0.2) is 6.23 Å². The topological polar surface area (TPSA) is 101 Å². The van der Waals surface area contributed by atoms with Gasteiger partial charge in [0.2, 0.25) is 0 Å². The van der Waals surface area contributed by atoms with Crippen LogP contribution in [-0.2, 0) is 4.74 Å². The largest absolute Gasteiger partial charge is 0.394 e. The van der Waals surface area contributed by atoms with Crippen molar-refractivity contribution < 1.29 is 20.1 Å². The van der Waals surface area contributed by atoms with Crippen molar-refractivity contribution in [2.45, 2.75) is 24.5 Å². The minimum absolute atomic E-state index is 0.344. The first-order valence-corrected chi connectivity index (χ1v) is 4.20. The molecule has 0 radical (unpaired) electrons. The molecule has 1 aliphatic rings. The molecular weight excluding hydrogens is 190 g/mol. The first-order valence-electron chi connectivity index (χ1n) is 4.20. The molecule has 4 atom stereocenters. The summed E-state index contributed by atoms with van der Waals surface area (Å²) in [4.78, 5) is 3.69. The zero-order chi connectivity index (χ0) is 10.1. The SMILES string of the molecule is OC[C@H]1OC(n2cncn2)[C@H](O)[C@@H]1O. The number of aromatic nitrogens is 3. The lowest BCUT2D eigenvalue weighted by molar-refractivity contribution is -0.0587. The summed E-state index contributed by atoms with van der Waals surface area (Å²) >= 11 is 0. The van der Waals surface area contributed by atoms with E-state index < -0.39 is 24.5 Å². The van der Waals surface area contributed by atoms with Crippen LogP contribution in [0.2, 0.25) is 0 Å². The quantitative estimate of drug-likeness (QED) is 0.506. The highest BCUT2D eigenvalue weighted by molar-refractivity contribution is 4.88. The van der Waals surface area contributed by atoms with Gasteiger partial charge in [0.1, 0.15) is 31.0 Å². The normalized spacial score (nSPS) is 37.6. The zero-order valence-corrected chi connectivity index (χ0v) is 7.26. The third-order valence-corrected chi connectivity index (χ3v) is 2.21. The molecule has 0 amide bonds. The minimum Gasteiger partial charge on any atom is -0.394 e. The van der Waals surface area contributed by atoms with Gasteiger partial charge in [0, 0.05) is 0 Å². The van der Waals surface area contributed by atoms with E-state index >= 15 is 0 Å². The van der Waals surface area contributed by atoms with Crippen LogP contribution in [0, 0.1) is 0 Å². The highest BCUT2D eigenvalue weighted by Gasteiger charge is 2.43. The molecule has 0 spiro atoms. The van der Waals surface area contributed by atoms with Gasteiger partial charge in [0.05, 0.1) is 6.61 Å². The fraction of sp³-hybridized carbons (Fsp3) is 0.714. The predicted octanol–water partition coefficient (Wildman–Crippen LogP) is -2.11. The molecule has 1 aromatic heterocycles. The number of hydrogen-bond donors (Lipinski definition) is 3. The third-order valence-electron chi connectivity index (χ3n) is 2.21. The van der Waals surface area contributed by atoms with Crippen LogP contribution < -0.4 is 0 Å². The molecular formula is C7H11N3O4. The van der Waals surface area contributed by atoms with Crippen LogP contribution in [-0.4, -0.2) is 55.0 Å². The average Bonchev–Trinajstić information content (AvgIpc) is 2.78. The second-order valence-corrected chi connectivity index (χ2v) is 3.10. The maximum absolute atomic E-state index is 9.56. The number of nitrogens with zero attached hydrogens (tertiary/aromatic N) is 3. The summed E-state index contributed by atoms with van der Waals surface area (Å²) in [6, 6.07) is 0. The Morgan fingerprint density at radius 2 is 2.14 bits per heavy atom. The first-order chi connectivity index (χ1) is 6.74. The molecule has 7 heteroatoms. The van der Waals surface area contributed by atoms with Crippen LogP contribution >= 0.6 is 0 Å². The van der Waals surface area contributed by atoms with Gasteiger partial charge in [0.25, 0.3) is 0 Å². The third kappa shape index (κ3) is 1.40. The molecule has 78 valence electrons. The number of hydrogen-bond acceptors (Lipinski definition) is 6. The van der Waals surface area contributed by atoms with E-state index in [2.05, 4.69) is 10.1 Å². The smallest absolute Gasteiger partial charge is 0.180 e. The van der Waals surface area contributed by atoms with Crippen molar-refractivity contribution in [1.82, 2.24) is 14.8 Å². The summed E-state index contributed by atoms with van der Waals surface area (Å²) in [5.41, 5.74) is 0. The fourth-order valence-corrected chi connectivity index (χ4v) is 1.45. The molecule has 1 aromatic rings. The maximum atomic E-state index is 9.56. The maximum Gasteiger partial charge on any atom is 0.180 e. The van der Waals surface area contributed by atoms with Crippen molar-refractivity contribution in [3.8, 4) is 0 Å². The van der Waals surface area contributed by atoms with Crippen molar-refractivity contribution in [2.75, 3.05) is 6.61 Å². The van der Waals surface area contributed by atoms with Crippen molar-refractivity contribution in [1.29, 1.82) is 0 Å². The molecule has 2 rings (SSSR count). The Labute approximate surface area is 79.6 Å².